The number of nitrogens with one attached hydrogen (secondary N) is 2. The molecule has 0 radical (unpaired) electrons. The molecule has 1 amide bonds. The predicted molar refractivity (Wildman–Crippen MR) is 107 cm³/mol. The Hall–Kier alpha value is -0.610. The third-order valence-electron chi connectivity index (χ3n) is 4.83. The Bertz CT molecular complexity index is 292. The smallest absolute Gasteiger partial charge is 0.221 e. The lowest BCUT2D eigenvalue weighted by atomic mass is 10.0. The van der Waals surface area contributed by atoms with Crippen molar-refractivity contribution in [3.63, 3.8) is 0 Å². The monoisotopic (exact) mass is 356 g/mol. The fraction of sp³-hybridized carbons (Fsp3) is 0.952. The van der Waals surface area contributed by atoms with Gasteiger partial charge in [0.15, 0.2) is 0 Å². The van der Waals surface area contributed by atoms with Gasteiger partial charge in [-0.2, -0.15) is 5.48 Å². The van der Waals surface area contributed by atoms with E-state index in [2.05, 4.69) is 24.6 Å². The van der Waals surface area contributed by atoms with Gasteiger partial charge in [0, 0.05) is 6.42 Å². The molecule has 0 fully saturated rings. The van der Waals surface area contributed by atoms with E-state index in [4.69, 9.17) is 5.21 Å². The first-order valence-electron chi connectivity index (χ1n) is 10.8. The normalized spacial score (nSPS) is 12.5. The van der Waals surface area contributed by atoms with Crippen LogP contribution in [0.15, 0.2) is 0 Å². The number of hydroxylamine groups is 1. The molecular weight excluding hydrogens is 312 g/mol. The zero-order valence-corrected chi connectivity index (χ0v) is 17.1. The quantitative estimate of drug-likeness (QED) is 0.162. The summed E-state index contributed by atoms with van der Waals surface area (Å²) in [5, 5.41) is 11.6. The van der Waals surface area contributed by atoms with E-state index in [1.54, 1.807) is 0 Å². The van der Waals surface area contributed by atoms with Crippen molar-refractivity contribution in [2.45, 2.75) is 123 Å². The molecule has 0 bridgehead atoms. The second kappa shape index (κ2) is 18.2. The van der Waals surface area contributed by atoms with E-state index in [-0.39, 0.29) is 12.1 Å². The molecule has 0 heterocycles. The van der Waals surface area contributed by atoms with Gasteiger partial charge in [0.2, 0.25) is 5.91 Å². The predicted octanol–water partition coefficient (Wildman–Crippen LogP) is 5.93. The van der Waals surface area contributed by atoms with Gasteiger partial charge in [-0.15, -0.1) is 0 Å². The highest BCUT2D eigenvalue weighted by Crippen LogP contribution is 2.14. The molecule has 150 valence electrons. The molecule has 0 aliphatic carbocycles. The summed E-state index contributed by atoms with van der Waals surface area (Å²) in [5.74, 6) is 0.891. The topological polar surface area (TPSA) is 61.4 Å². The lowest BCUT2D eigenvalue weighted by Crippen LogP contribution is -2.43. The van der Waals surface area contributed by atoms with Crippen molar-refractivity contribution in [3.05, 3.63) is 0 Å². The molecule has 0 aromatic carbocycles. The Morgan fingerprint density at radius 1 is 0.800 bits per heavy atom. The first-order chi connectivity index (χ1) is 12.1. The van der Waals surface area contributed by atoms with Crippen LogP contribution in [0.5, 0.6) is 0 Å². The molecule has 0 aromatic heterocycles. The van der Waals surface area contributed by atoms with Crippen LogP contribution >= 0.6 is 0 Å². The van der Waals surface area contributed by atoms with Crippen LogP contribution in [-0.2, 0) is 4.79 Å². The van der Waals surface area contributed by atoms with Gasteiger partial charge in [0.25, 0.3) is 0 Å². The average molecular weight is 357 g/mol. The van der Waals surface area contributed by atoms with Gasteiger partial charge in [0.1, 0.15) is 6.17 Å². The van der Waals surface area contributed by atoms with Gasteiger partial charge >= 0.3 is 0 Å². The van der Waals surface area contributed by atoms with Crippen LogP contribution in [-0.4, -0.2) is 17.3 Å². The fourth-order valence-electron chi connectivity index (χ4n) is 3.10. The van der Waals surface area contributed by atoms with Crippen molar-refractivity contribution in [2.24, 2.45) is 5.92 Å². The van der Waals surface area contributed by atoms with Gasteiger partial charge in [-0.05, 0) is 18.8 Å². The highest BCUT2D eigenvalue weighted by Gasteiger charge is 2.07. The van der Waals surface area contributed by atoms with Crippen molar-refractivity contribution in [1.82, 2.24) is 10.8 Å². The number of rotatable bonds is 18. The summed E-state index contributed by atoms with van der Waals surface area (Å²) >= 11 is 0. The molecule has 4 heteroatoms. The van der Waals surface area contributed by atoms with Gasteiger partial charge < -0.3 is 10.5 Å². The summed E-state index contributed by atoms with van der Waals surface area (Å²) in [7, 11) is 0. The first-order valence-corrected chi connectivity index (χ1v) is 10.8. The van der Waals surface area contributed by atoms with Crippen LogP contribution in [0.25, 0.3) is 0 Å². The summed E-state index contributed by atoms with van der Waals surface area (Å²) in [4.78, 5) is 11.6. The minimum absolute atomic E-state index is 0.0294. The van der Waals surface area contributed by atoms with E-state index >= 15 is 0 Å². The van der Waals surface area contributed by atoms with E-state index < -0.39 is 0 Å². The summed E-state index contributed by atoms with van der Waals surface area (Å²) in [6.07, 6.45) is 18.1. The summed E-state index contributed by atoms with van der Waals surface area (Å²) in [6.45, 7) is 6.54. The van der Waals surface area contributed by atoms with Gasteiger partial charge in [-0.1, -0.05) is 97.8 Å². The Morgan fingerprint density at radius 3 is 1.64 bits per heavy atom. The van der Waals surface area contributed by atoms with E-state index in [9.17, 15) is 4.79 Å². The summed E-state index contributed by atoms with van der Waals surface area (Å²) in [5.41, 5.74) is 2.10. The molecule has 0 aromatic rings. The zero-order valence-electron chi connectivity index (χ0n) is 17.1. The lowest BCUT2D eigenvalue weighted by Gasteiger charge is -2.14. The molecule has 4 nitrogen and oxygen atoms in total. The van der Waals surface area contributed by atoms with Gasteiger partial charge in [-0.25, -0.2) is 0 Å². The van der Waals surface area contributed by atoms with E-state index in [0.717, 1.165) is 18.8 Å². The molecule has 25 heavy (non-hydrogen) atoms. The maximum Gasteiger partial charge on any atom is 0.221 e. The molecule has 0 saturated heterocycles. The largest absolute Gasteiger partial charge is 0.339 e. The number of hydrogen-bond donors (Lipinski definition) is 3. The Balaban J connectivity index is 3.20. The van der Waals surface area contributed by atoms with Crippen molar-refractivity contribution in [2.75, 3.05) is 0 Å². The summed E-state index contributed by atoms with van der Waals surface area (Å²) in [6, 6.07) is 0. The zero-order chi connectivity index (χ0) is 18.8. The summed E-state index contributed by atoms with van der Waals surface area (Å²) < 4.78 is 0. The minimum atomic E-state index is -0.317. The maximum atomic E-state index is 11.6. The Morgan fingerprint density at radius 2 is 1.24 bits per heavy atom. The number of hydrogen-bond acceptors (Lipinski definition) is 3. The maximum absolute atomic E-state index is 11.6. The minimum Gasteiger partial charge on any atom is -0.339 e. The highest BCUT2D eigenvalue weighted by molar-refractivity contribution is 5.76. The van der Waals surface area contributed by atoms with E-state index in [1.807, 2.05) is 6.92 Å². The van der Waals surface area contributed by atoms with Crippen LogP contribution in [0, 0.1) is 5.92 Å². The van der Waals surface area contributed by atoms with Crippen LogP contribution < -0.4 is 10.8 Å². The highest BCUT2D eigenvalue weighted by atomic mass is 16.5. The number of carbonyl (C=O) groups is 1. The second-order valence-corrected chi connectivity index (χ2v) is 7.83. The third kappa shape index (κ3) is 18.0. The fourth-order valence-corrected chi connectivity index (χ4v) is 3.10. The molecule has 1 unspecified atom stereocenters. The van der Waals surface area contributed by atoms with E-state index in [0.29, 0.717) is 12.8 Å². The van der Waals surface area contributed by atoms with Crippen molar-refractivity contribution in [3.8, 4) is 0 Å². The standard InChI is InChI=1S/C21H44N2O2/c1-4-20(23-25)22-21(24)18-16-14-12-10-8-6-5-7-9-11-13-15-17-19(2)3/h19-20,23,25H,4-18H2,1-3H3,(H,22,24). The van der Waals surface area contributed by atoms with Crippen molar-refractivity contribution in [1.29, 1.82) is 0 Å². The molecule has 0 saturated carbocycles. The molecule has 0 spiro atoms. The van der Waals surface area contributed by atoms with Crippen molar-refractivity contribution < 1.29 is 10.0 Å². The van der Waals surface area contributed by atoms with Crippen LogP contribution in [0.4, 0.5) is 0 Å². The van der Waals surface area contributed by atoms with Crippen molar-refractivity contribution >= 4 is 5.91 Å². The number of unbranched alkanes of at least 4 members (excludes halogenated alkanes) is 11. The average Bonchev–Trinajstić information content (AvgIpc) is 2.59. The van der Waals surface area contributed by atoms with Crippen LogP contribution in [0.3, 0.4) is 0 Å². The van der Waals surface area contributed by atoms with Crippen LogP contribution in [0.1, 0.15) is 117 Å². The molecule has 0 aliphatic rings. The van der Waals surface area contributed by atoms with Gasteiger partial charge in [0.05, 0.1) is 0 Å². The molecule has 1 atom stereocenters. The van der Waals surface area contributed by atoms with E-state index in [1.165, 1.54) is 70.6 Å². The number of amides is 1. The first kappa shape index (κ1) is 24.4. The molecule has 0 aliphatic heterocycles. The molecular formula is C21H44N2O2. The van der Waals surface area contributed by atoms with Crippen LogP contribution in [0.2, 0.25) is 0 Å². The number of carbonyl (C=O) groups excluding carboxylic acids is 1. The SMILES string of the molecule is CCC(NO)NC(=O)CCCCCCCCCCCCCCC(C)C. The Labute approximate surface area is 156 Å². The van der Waals surface area contributed by atoms with Gasteiger partial charge in [-0.3, -0.25) is 4.79 Å². The second-order valence-electron chi connectivity index (χ2n) is 7.83. The third-order valence-corrected chi connectivity index (χ3v) is 4.83. The lowest BCUT2D eigenvalue weighted by molar-refractivity contribution is -0.123. The Kier molecular flexibility index (Phi) is 17.7. The molecule has 3 N–H and O–H groups in total. The molecule has 0 rings (SSSR count).